The Labute approximate surface area is 137 Å². The van der Waals surface area contributed by atoms with E-state index in [-0.39, 0.29) is 0 Å². The van der Waals surface area contributed by atoms with Gasteiger partial charge in [0.2, 0.25) is 0 Å². The Kier molecular flexibility index (Phi) is 4.18. The third-order valence-electron chi connectivity index (χ3n) is 4.52. The van der Waals surface area contributed by atoms with Crippen LogP contribution >= 0.6 is 0 Å². The molecule has 120 valence electrons. The molecule has 0 aromatic heterocycles. The number of rotatable bonds is 4. The molecule has 2 aromatic carbocycles. The normalized spacial score (nSPS) is 17.9. The van der Waals surface area contributed by atoms with Crippen molar-refractivity contribution in [2.24, 2.45) is 0 Å². The molecule has 0 radical (unpaired) electrons. The minimum Gasteiger partial charge on any atom is -0.359 e. The summed E-state index contributed by atoms with van der Waals surface area (Å²) >= 11 is 0. The molecular weight excluding hydrogens is 288 g/mol. The standard InChI is InChI=1S/C19H22N2O2/c1-5-18(20-9-11-22-14-20)6-2-16(1)13-17-3-7-19(8-4-17)21-10-12-23-15-21/h1-8H,9-15H2. The first-order chi connectivity index (χ1) is 11.4. The second kappa shape index (κ2) is 6.60. The highest BCUT2D eigenvalue weighted by molar-refractivity contribution is 5.50. The van der Waals surface area contributed by atoms with Crippen molar-refractivity contribution in [3.8, 4) is 0 Å². The lowest BCUT2D eigenvalue weighted by Gasteiger charge is -2.17. The van der Waals surface area contributed by atoms with Crippen LogP contribution in [0.25, 0.3) is 0 Å². The molecule has 0 atom stereocenters. The summed E-state index contributed by atoms with van der Waals surface area (Å²) in [6.45, 7) is 5.05. The Balaban J connectivity index is 1.41. The number of hydrogen-bond acceptors (Lipinski definition) is 4. The molecule has 2 aliphatic rings. The second-order valence-electron chi connectivity index (χ2n) is 6.11. The van der Waals surface area contributed by atoms with Gasteiger partial charge in [0.05, 0.1) is 13.2 Å². The molecule has 2 aliphatic heterocycles. The van der Waals surface area contributed by atoms with E-state index in [0.29, 0.717) is 13.5 Å². The van der Waals surface area contributed by atoms with E-state index < -0.39 is 0 Å². The maximum Gasteiger partial charge on any atom is 0.119 e. The van der Waals surface area contributed by atoms with Crippen molar-refractivity contribution in [3.05, 3.63) is 59.7 Å². The Morgan fingerprint density at radius 3 is 1.43 bits per heavy atom. The smallest absolute Gasteiger partial charge is 0.119 e. The Morgan fingerprint density at radius 2 is 1.09 bits per heavy atom. The van der Waals surface area contributed by atoms with Gasteiger partial charge in [-0.15, -0.1) is 0 Å². The molecule has 0 aliphatic carbocycles. The van der Waals surface area contributed by atoms with Crippen molar-refractivity contribution in [1.82, 2.24) is 0 Å². The largest absolute Gasteiger partial charge is 0.359 e. The predicted molar refractivity (Wildman–Crippen MR) is 92.0 cm³/mol. The van der Waals surface area contributed by atoms with Crippen LogP contribution in [0, 0.1) is 0 Å². The van der Waals surface area contributed by atoms with Crippen molar-refractivity contribution in [2.45, 2.75) is 6.42 Å². The maximum atomic E-state index is 5.40. The monoisotopic (exact) mass is 310 g/mol. The second-order valence-corrected chi connectivity index (χ2v) is 6.11. The molecule has 2 heterocycles. The topological polar surface area (TPSA) is 24.9 Å². The zero-order chi connectivity index (χ0) is 15.5. The van der Waals surface area contributed by atoms with Gasteiger partial charge in [-0.2, -0.15) is 0 Å². The SMILES string of the molecule is c1cc(N2CCOC2)ccc1Cc1ccc(N2CCOC2)cc1. The molecule has 4 rings (SSSR count). The number of benzene rings is 2. The quantitative estimate of drug-likeness (QED) is 0.867. The van der Waals surface area contributed by atoms with Gasteiger partial charge in [-0.3, -0.25) is 0 Å². The summed E-state index contributed by atoms with van der Waals surface area (Å²) < 4.78 is 10.8. The molecule has 0 unspecified atom stereocenters. The molecule has 0 N–H and O–H groups in total. The van der Waals surface area contributed by atoms with Crippen molar-refractivity contribution in [1.29, 1.82) is 0 Å². The van der Waals surface area contributed by atoms with Crippen LogP contribution in [0.3, 0.4) is 0 Å². The number of anilines is 2. The van der Waals surface area contributed by atoms with Crippen LogP contribution in [0.5, 0.6) is 0 Å². The van der Waals surface area contributed by atoms with E-state index in [1.54, 1.807) is 0 Å². The summed E-state index contributed by atoms with van der Waals surface area (Å²) in [5.41, 5.74) is 5.17. The minimum absolute atomic E-state index is 0.709. The van der Waals surface area contributed by atoms with Gasteiger partial charge in [-0.25, -0.2) is 0 Å². The maximum absolute atomic E-state index is 5.40. The lowest BCUT2D eigenvalue weighted by atomic mass is 10.0. The minimum atomic E-state index is 0.709. The number of hydrogen-bond donors (Lipinski definition) is 0. The average molecular weight is 310 g/mol. The highest BCUT2D eigenvalue weighted by Crippen LogP contribution is 2.21. The van der Waals surface area contributed by atoms with E-state index in [9.17, 15) is 0 Å². The van der Waals surface area contributed by atoms with E-state index >= 15 is 0 Å². The molecule has 0 saturated carbocycles. The highest BCUT2D eigenvalue weighted by Gasteiger charge is 2.13. The summed E-state index contributed by atoms with van der Waals surface area (Å²) in [7, 11) is 0. The molecule has 2 saturated heterocycles. The van der Waals surface area contributed by atoms with Crippen molar-refractivity contribution in [3.63, 3.8) is 0 Å². The lowest BCUT2D eigenvalue weighted by molar-refractivity contribution is 0.201. The fraction of sp³-hybridized carbons (Fsp3) is 0.368. The zero-order valence-electron chi connectivity index (χ0n) is 13.3. The van der Waals surface area contributed by atoms with E-state index in [4.69, 9.17) is 9.47 Å². The van der Waals surface area contributed by atoms with E-state index in [2.05, 4.69) is 58.3 Å². The summed E-state index contributed by atoms with van der Waals surface area (Å²) in [6.07, 6.45) is 0.966. The van der Waals surface area contributed by atoms with Gasteiger partial charge in [0.25, 0.3) is 0 Å². The first kappa shape index (κ1) is 14.5. The fourth-order valence-corrected chi connectivity index (χ4v) is 3.12. The van der Waals surface area contributed by atoms with Crippen LogP contribution in [-0.4, -0.2) is 39.8 Å². The van der Waals surface area contributed by atoms with Crippen molar-refractivity contribution < 1.29 is 9.47 Å². The first-order valence-corrected chi connectivity index (χ1v) is 8.22. The third kappa shape index (κ3) is 3.33. The summed E-state index contributed by atoms with van der Waals surface area (Å²) in [5.74, 6) is 0. The highest BCUT2D eigenvalue weighted by atomic mass is 16.5. The van der Waals surface area contributed by atoms with E-state index in [0.717, 1.165) is 32.7 Å². The predicted octanol–water partition coefficient (Wildman–Crippen LogP) is 2.87. The van der Waals surface area contributed by atoms with Crippen LogP contribution in [-0.2, 0) is 15.9 Å². The van der Waals surface area contributed by atoms with Gasteiger partial charge < -0.3 is 19.3 Å². The van der Waals surface area contributed by atoms with Gasteiger partial charge in [-0.05, 0) is 41.8 Å². The molecule has 0 spiro atoms. The Hall–Kier alpha value is -2.04. The van der Waals surface area contributed by atoms with E-state index in [1.165, 1.54) is 22.5 Å². The van der Waals surface area contributed by atoms with Gasteiger partial charge >= 0.3 is 0 Å². The molecule has 2 aromatic rings. The van der Waals surface area contributed by atoms with Gasteiger partial charge in [0, 0.05) is 24.5 Å². The summed E-state index contributed by atoms with van der Waals surface area (Å²) in [6, 6.07) is 17.7. The van der Waals surface area contributed by atoms with Gasteiger partial charge in [-0.1, -0.05) is 24.3 Å². The Bertz CT molecular complexity index is 570. The van der Waals surface area contributed by atoms with Gasteiger partial charge in [0.1, 0.15) is 13.5 Å². The van der Waals surface area contributed by atoms with Crippen LogP contribution in [0.2, 0.25) is 0 Å². The Morgan fingerprint density at radius 1 is 0.652 bits per heavy atom. The van der Waals surface area contributed by atoms with Gasteiger partial charge in [0.15, 0.2) is 0 Å². The molecular formula is C19H22N2O2. The zero-order valence-corrected chi connectivity index (χ0v) is 13.3. The average Bonchev–Trinajstić information content (AvgIpc) is 3.30. The van der Waals surface area contributed by atoms with E-state index in [1.807, 2.05) is 0 Å². The molecule has 23 heavy (non-hydrogen) atoms. The molecule has 0 bridgehead atoms. The number of ether oxygens (including phenoxy) is 2. The molecule has 0 amide bonds. The fourth-order valence-electron chi connectivity index (χ4n) is 3.12. The number of nitrogens with zero attached hydrogens (tertiary/aromatic N) is 2. The van der Waals surface area contributed by atoms with Crippen molar-refractivity contribution >= 4 is 11.4 Å². The van der Waals surface area contributed by atoms with Crippen molar-refractivity contribution in [2.75, 3.05) is 49.6 Å². The molecule has 4 nitrogen and oxygen atoms in total. The summed E-state index contributed by atoms with van der Waals surface area (Å²) in [4.78, 5) is 4.52. The summed E-state index contributed by atoms with van der Waals surface area (Å²) in [5, 5.41) is 0. The molecule has 4 heteroatoms. The molecule has 2 fully saturated rings. The first-order valence-electron chi connectivity index (χ1n) is 8.22. The van der Waals surface area contributed by atoms with Crippen LogP contribution in [0.15, 0.2) is 48.5 Å². The lowest BCUT2D eigenvalue weighted by Crippen LogP contribution is -2.18. The third-order valence-corrected chi connectivity index (χ3v) is 4.52. The van der Waals surface area contributed by atoms with Crippen LogP contribution in [0.4, 0.5) is 11.4 Å². The van der Waals surface area contributed by atoms with Crippen LogP contribution in [0.1, 0.15) is 11.1 Å². The van der Waals surface area contributed by atoms with Crippen LogP contribution < -0.4 is 9.80 Å².